The van der Waals surface area contributed by atoms with Crippen molar-refractivity contribution in [2.45, 2.75) is 32.2 Å². The van der Waals surface area contributed by atoms with Gasteiger partial charge in [0, 0.05) is 25.8 Å². The van der Waals surface area contributed by atoms with E-state index in [1.165, 1.54) is 25.9 Å². The highest BCUT2D eigenvalue weighted by Gasteiger charge is 2.15. The molecule has 14 heavy (non-hydrogen) atoms. The molecule has 0 aromatic carbocycles. The van der Waals surface area contributed by atoms with Crippen molar-refractivity contribution >= 4 is 0 Å². The van der Waals surface area contributed by atoms with E-state index in [9.17, 15) is 0 Å². The lowest BCUT2D eigenvalue weighted by Crippen LogP contribution is -2.44. The molecule has 1 N–H and O–H groups in total. The van der Waals surface area contributed by atoms with Crippen LogP contribution in [0.5, 0.6) is 0 Å². The van der Waals surface area contributed by atoms with E-state index in [1.807, 2.05) is 6.92 Å². The quantitative estimate of drug-likeness (QED) is 0.650. The van der Waals surface area contributed by atoms with Crippen LogP contribution in [-0.4, -0.2) is 50.8 Å². The Labute approximate surface area is 87.8 Å². The number of hydrogen-bond donors (Lipinski definition) is 1. The maximum atomic E-state index is 5.29. The zero-order valence-electron chi connectivity index (χ0n) is 9.59. The van der Waals surface area contributed by atoms with Crippen LogP contribution in [0.1, 0.15) is 26.2 Å². The highest BCUT2D eigenvalue weighted by atomic mass is 16.5. The van der Waals surface area contributed by atoms with E-state index in [-0.39, 0.29) is 0 Å². The Morgan fingerprint density at radius 1 is 1.50 bits per heavy atom. The minimum Gasteiger partial charge on any atom is -0.382 e. The molecule has 0 aromatic heterocycles. The molecular formula is C11H24N2O. The molecule has 1 aliphatic heterocycles. The second-order valence-corrected chi connectivity index (χ2v) is 4.11. The van der Waals surface area contributed by atoms with Crippen LogP contribution in [0.15, 0.2) is 0 Å². The van der Waals surface area contributed by atoms with Crippen molar-refractivity contribution in [3.63, 3.8) is 0 Å². The van der Waals surface area contributed by atoms with Gasteiger partial charge in [0.05, 0.1) is 0 Å². The lowest BCUT2D eigenvalue weighted by atomic mass is 10.1. The minimum atomic E-state index is 0.704. The number of ether oxygens (including phenoxy) is 1. The monoisotopic (exact) mass is 200 g/mol. The lowest BCUT2D eigenvalue weighted by Gasteiger charge is -2.30. The first-order valence-corrected chi connectivity index (χ1v) is 5.82. The van der Waals surface area contributed by atoms with Gasteiger partial charge in [-0.05, 0) is 46.3 Å². The molecule has 0 saturated carbocycles. The summed E-state index contributed by atoms with van der Waals surface area (Å²) in [6.45, 7) is 7.34. The highest BCUT2D eigenvalue weighted by molar-refractivity contribution is 4.75. The van der Waals surface area contributed by atoms with Crippen molar-refractivity contribution in [1.82, 2.24) is 10.2 Å². The van der Waals surface area contributed by atoms with Crippen molar-refractivity contribution in [1.29, 1.82) is 0 Å². The zero-order chi connectivity index (χ0) is 10.2. The Bertz CT molecular complexity index is 141. The number of likely N-dealkylation sites (N-methyl/N-ethyl adjacent to an activating group) is 1. The Morgan fingerprint density at radius 3 is 3.07 bits per heavy atom. The van der Waals surface area contributed by atoms with Crippen molar-refractivity contribution < 1.29 is 4.74 Å². The molecule has 0 aliphatic carbocycles. The van der Waals surface area contributed by atoms with Gasteiger partial charge in [0.1, 0.15) is 0 Å². The van der Waals surface area contributed by atoms with E-state index in [0.29, 0.717) is 6.04 Å². The van der Waals surface area contributed by atoms with Gasteiger partial charge in [-0.25, -0.2) is 0 Å². The number of nitrogens with one attached hydrogen (secondary N) is 1. The number of nitrogens with zero attached hydrogens (tertiary/aromatic N) is 1. The van der Waals surface area contributed by atoms with Crippen LogP contribution in [0.3, 0.4) is 0 Å². The molecule has 3 heteroatoms. The fourth-order valence-electron chi connectivity index (χ4n) is 1.96. The molecular weight excluding hydrogens is 176 g/mol. The molecule has 84 valence electrons. The van der Waals surface area contributed by atoms with Crippen LogP contribution < -0.4 is 5.32 Å². The van der Waals surface area contributed by atoms with Gasteiger partial charge in [-0.2, -0.15) is 0 Å². The molecule has 1 heterocycles. The van der Waals surface area contributed by atoms with E-state index < -0.39 is 0 Å². The Balaban J connectivity index is 1.95. The van der Waals surface area contributed by atoms with Crippen LogP contribution in [0.4, 0.5) is 0 Å². The van der Waals surface area contributed by atoms with Crippen molar-refractivity contribution in [3.8, 4) is 0 Å². The second-order valence-electron chi connectivity index (χ2n) is 4.11. The third kappa shape index (κ3) is 4.94. The summed E-state index contributed by atoms with van der Waals surface area (Å²) in [4.78, 5) is 2.41. The van der Waals surface area contributed by atoms with Crippen molar-refractivity contribution in [3.05, 3.63) is 0 Å². The number of hydrogen-bond acceptors (Lipinski definition) is 3. The topological polar surface area (TPSA) is 24.5 Å². The second kappa shape index (κ2) is 7.21. The molecule has 0 aromatic rings. The summed E-state index contributed by atoms with van der Waals surface area (Å²) in [7, 11) is 2.20. The zero-order valence-corrected chi connectivity index (χ0v) is 9.59. The average Bonchev–Trinajstić information content (AvgIpc) is 2.18. The lowest BCUT2D eigenvalue weighted by molar-refractivity contribution is 0.142. The first-order chi connectivity index (χ1) is 6.83. The molecule has 1 rings (SSSR count). The maximum Gasteiger partial charge on any atom is 0.0477 e. The van der Waals surface area contributed by atoms with Crippen molar-refractivity contribution in [2.24, 2.45) is 0 Å². The third-order valence-corrected chi connectivity index (χ3v) is 2.73. The third-order valence-electron chi connectivity index (χ3n) is 2.73. The van der Waals surface area contributed by atoms with Gasteiger partial charge in [0.2, 0.25) is 0 Å². The van der Waals surface area contributed by atoms with E-state index in [4.69, 9.17) is 4.74 Å². The van der Waals surface area contributed by atoms with Gasteiger partial charge in [-0.15, -0.1) is 0 Å². The predicted molar refractivity (Wildman–Crippen MR) is 59.6 cm³/mol. The largest absolute Gasteiger partial charge is 0.382 e. The molecule has 3 nitrogen and oxygen atoms in total. The van der Waals surface area contributed by atoms with Crippen LogP contribution in [0, 0.1) is 0 Å². The van der Waals surface area contributed by atoms with Crippen LogP contribution in [0.25, 0.3) is 0 Å². The molecule has 1 aliphatic rings. The Hall–Kier alpha value is -0.120. The Morgan fingerprint density at radius 2 is 2.36 bits per heavy atom. The molecule has 1 saturated heterocycles. The summed E-state index contributed by atoms with van der Waals surface area (Å²) in [5.41, 5.74) is 0. The fourth-order valence-corrected chi connectivity index (χ4v) is 1.96. The number of likely N-dealkylation sites (tertiary alicyclic amines) is 1. The van der Waals surface area contributed by atoms with E-state index in [1.54, 1.807) is 0 Å². The van der Waals surface area contributed by atoms with Gasteiger partial charge in [-0.1, -0.05) is 0 Å². The predicted octanol–water partition coefficient (Wildman–Crippen LogP) is 1.10. The molecule has 0 spiro atoms. The SMILES string of the molecule is CCOCCCNC1CCCN(C)C1. The molecule has 0 radical (unpaired) electrons. The van der Waals surface area contributed by atoms with E-state index in [2.05, 4.69) is 17.3 Å². The van der Waals surface area contributed by atoms with Crippen LogP contribution >= 0.6 is 0 Å². The smallest absolute Gasteiger partial charge is 0.0477 e. The molecule has 1 atom stereocenters. The molecule has 1 fully saturated rings. The first-order valence-electron chi connectivity index (χ1n) is 5.82. The summed E-state index contributed by atoms with van der Waals surface area (Å²) in [6, 6.07) is 0.704. The highest BCUT2D eigenvalue weighted by Crippen LogP contribution is 2.07. The molecule has 0 bridgehead atoms. The first kappa shape index (κ1) is 12.0. The molecule has 1 unspecified atom stereocenters. The Kier molecular flexibility index (Phi) is 6.15. The minimum absolute atomic E-state index is 0.704. The summed E-state index contributed by atoms with van der Waals surface area (Å²) in [5, 5.41) is 3.59. The van der Waals surface area contributed by atoms with Gasteiger partial charge in [-0.3, -0.25) is 0 Å². The summed E-state index contributed by atoms with van der Waals surface area (Å²) in [6.07, 6.45) is 3.80. The van der Waals surface area contributed by atoms with Crippen LogP contribution in [0.2, 0.25) is 0 Å². The normalized spacial score (nSPS) is 24.0. The summed E-state index contributed by atoms with van der Waals surface area (Å²) < 4.78 is 5.29. The number of piperidine rings is 1. The van der Waals surface area contributed by atoms with Crippen LogP contribution in [-0.2, 0) is 4.74 Å². The summed E-state index contributed by atoms with van der Waals surface area (Å²) in [5.74, 6) is 0. The maximum absolute atomic E-state index is 5.29. The van der Waals surface area contributed by atoms with E-state index >= 15 is 0 Å². The standard InChI is InChI=1S/C11H24N2O/c1-3-14-9-5-7-12-11-6-4-8-13(2)10-11/h11-12H,3-10H2,1-2H3. The van der Waals surface area contributed by atoms with Gasteiger partial charge in [0.25, 0.3) is 0 Å². The van der Waals surface area contributed by atoms with Gasteiger partial charge in [0.15, 0.2) is 0 Å². The number of rotatable bonds is 6. The van der Waals surface area contributed by atoms with Gasteiger partial charge >= 0.3 is 0 Å². The average molecular weight is 200 g/mol. The molecule has 0 amide bonds. The fraction of sp³-hybridized carbons (Fsp3) is 1.00. The summed E-state index contributed by atoms with van der Waals surface area (Å²) >= 11 is 0. The van der Waals surface area contributed by atoms with Crippen molar-refractivity contribution in [2.75, 3.05) is 39.9 Å². The van der Waals surface area contributed by atoms with Gasteiger partial charge < -0.3 is 15.0 Å². The van der Waals surface area contributed by atoms with E-state index in [0.717, 1.165) is 26.2 Å².